The van der Waals surface area contributed by atoms with Crippen molar-refractivity contribution in [2.75, 3.05) is 0 Å². The monoisotopic (exact) mass is 268 g/mol. The molecular weight excluding hydrogens is 244 g/mol. The van der Waals surface area contributed by atoms with E-state index in [0.717, 1.165) is 6.42 Å². The lowest BCUT2D eigenvalue weighted by atomic mass is 9.99. The SMILES string of the molecule is CCC(C)C(NC(=O)NC(C1CC1)C1CC1)C(=O)O. The Kier molecular flexibility index (Phi) is 4.32. The predicted molar refractivity (Wildman–Crippen MR) is 71.8 cm³/mol. The highest BCUT2D eigenvalue weighted by atomic mass is 16.4. The first-order chi connectivity index (χ1) is 9.02. The van der Waals surface area contributed by atoms with Gasteiger partial charge in [-0.1, -0.05) is 20.3 Å². The zero-order valence-corrected chi connectivity index (χ0v) is 11.7. The second kappa shape index (κ2) is 5.80. The normalized spacial score (nSPS) is 21.8. The summed E-state index contributed by atoms with van der Waals surface area (Å²) in [6.45, 7) is 3.77. The molecule has 2 fully saturated rings. The van der Waals surface area contributed by atoms with Crippen LogP contribution in [-0.4, -0.2) is 29.2 Å². The van der Waals surface area contributed by atoms with Gasteiger partial charge in [0, 0.05) is 6.04 Å². The summed E-state index contributed by atoms with van der Waals surface area (Å²) in [7, 11) is 0. The van der Waals surface area contributed by atoms with E-state index in [4.69, 9.17) is 5.11 Å². The van der Waals surface area contributed by atoms with Gasteiger partial charge in [0.1, 0.15) is 6.04 Å². The molecule has 0 saturated heterocycles. The van der Waals surface area contributed by atoms with Crippen molar-refractivity contribution in [3.63, 3.8) is 0 Å². The van der Waals surface area contributed by atoms with Gasteiger partial charge in [-0.2, -0.15) is 0 Å². The summed E-state index contributed by atoms with van der Waals surface area (Å²) in [5.74, 6) is 0.206. The van der Waals surface area contributed by atoms with Gasteiger partial charge < -0.3 is 15.7 Å². The first kappa shape index (κ1) is 14.2. The number of carboxylic acid groups (broad SMARTS) is 1. The minimum absolute atomic E-state index is 0.0662. The Morgan fingerprint density at radius 1 is 1.16 bits per heavy atom. The Balaban J connectivity index is 1.85. The highest BCUT2D eigenvalue weighted by molar-refractivity contribution is 5.82. The minimum atomic E-state index is -0.959. The van der Waals surface area contributed by atoms with E-state index in [1.54, 1.807) is 0 Å². The number of urea groups is 1. The molecule has 2 atom stereocenters. The van der Waals surface area contributed by atoms with Crippen molar-refractivity contribution in [2.24, 2.45) is 17.8 Å². The summed E-state index contributed by atoms with van der Waals surface area (Å²) in [6, 6.07) is -0.869. The van der Waals surface area contributed by atoms with E-state index < -0.39 is 12.0 Å². The van der Waals surface area contributed by atoms with Gasteiger partial charge in [0.2, 0.25) is 0 Å². The summed E-state index contributed by atoms with van der Waals surface area (Å²) in [5, 5.41) is 14.8. The van der Waals surface area contributed by atoms with Crippen LogP contribution >= 0.6 is 0 Å². The number of hydrogen-bond donors (Lipinski definition) is 3. The second-order valence-corrected chi connectivity index (χ2v) is 6.02. The fourth-order valence-corrected chi connectivity index (χ4v) is 2.55. The molecule has 3 N–H and O–H groups in total. The van der Waals surface area contributed by atoms with E-state index in [0.29, 0.717) is 11.8 Å². The van der Waals surface area contributed by atoms with E-state index in [-0.39, 0.29) is 18.0 Å². The molecule has 0 heterocycles. The van der Waals surface area contributed by atoms with Gasteiger partial charge in [0.25, 0.3) is 0 Å². The summed E-state index contributed by atoms with van der Waals surface area (Å²) in [6.07, 6.45) is 5.49. The molecule has 0 aromatic rings. The van der Waals surface area contributed by atoms with Crippen molar-refractivity contribution in [3.05, 3.63) is 0 Å². The molecule has 2 saturated carbocycles. The Morgan fingerprint density at radius 3 is 2.05 bits per heavy atom. The summed E-state index contributed by atoms with van der Waals surface area (Å²) < 4.78 is 0. The molecule has 0 aliphatic heterocycles. The summed E-state index contributed by atoms with van der Waals surface area (Å²) in [4.78, 5) is 23.1. The smallest absolute Gasteiger partial charge is 0.326 e. The highest BCUT2D eigenvalue weighted by Crippen LogP contribution is 2.44. The van der Waals surface area contributed by atoms with Gasteiger partial charge in [-0.15, -0.1) is 0 Å². The van der Waals surface area contributed by atoms with Crippen molar-refractivity contribution in [1.82, 2.24) is 10.6 Å². The molecular formula is C14H24N2O3. The van der Waals surface area contributed by atoms with E-state index >= 15 is 0 Å². The number of carbonyl (C=O) groups excluding carboxylic acids is 1. The lowest BCUT2D eigenvalue weighted by Crippen LogP contribution is -2.52. The van der Waals surface area contributed by atoms with Gasteiger partial charge in [-0.25, -0.2) is 9.59 Å². The summed E-state index contributed by atoms with van der Waals surface area (Å²) in [5.41, 5.74) is 0. The van der Waals surface area contributed by atoms with Crippen molar-refractivity contribution in [1.29, 1.82) is 0 Å². The largest absolute Gasteiger partial charge is 0.480 e. The van der Waals surface area contributed by atoms with Gasteiger partial charge in [0.05, 0.1) is 0 Å². The number of amides is 2. The lowest BCUT2D eigenvalue weighted by molar-refractivity contribution is -0.140. The van der Waals surface area contributed by atoms with E-state index in [2.05, 4.69) is 10.6 Å². The number of aliphatic carboxylic acids is 1. The van der Waals surface area contributed by atoms with Crippen LogP contribution in [0.15, 0.2) is 0 Å². The maximum absolute atomic E-state index is 12.0. The molecule has 2 aliphatic carbocycles. The minimum Gasteiger partial charge on any atom is -0.480 e. The van der Waals surface area contributed by atoms with Crippen LogP contribution in [0.5, 0.6) is 0 Å². The summed E-state index contributed by atoms with van der Waals surface area (Å²) >= 11 is 0. The molecule has 0 spiro atoms. The van der Waals surface area contributed by atoms with Crippen LogP contribution in [0.4, 0.5) is 4.79 Å². The van der Waals surface area contributed by atoms with Crippen LogP contribution in [0.2, 0.25) is 0 Å². The highest BCUT2D eigenvalue weighted by Gasteiger charge is 2.42. The zero-order chi connectivity index (χ0) is 14.0. The van der Waals surface area contributed by atoms with Crippen molar-refractivity contribution in [2.45, 2.75) is 58.0 Å². The number of nitrogens with one attached hydrogen (secondary N) is 2. The van der Waals surface area contributed by atoms with Crippen LogP contribution < -0.4 is 10.6 Å². The molecule has 2 aliphatic rings. The number of rotatable bonds is 7. The standard InChI is InChI=1S/C14H24N2O3/c1-3-8(2)11(13(17)18)15-14(19)16-12(9-4-5-9)10-6-7-10/h8-12H,3-7H2,1-2H3,(H,17,18)(H2,15,16,19). The number of carboxylic acids is 1. The molecule has 5 heteroatoms. The third-order valence-corrected chi connectivity index (χ3v) is 4.32. The molecule has 108 valence electrons. The Bertz CT molecular complexity index is 339. The Labute approximate surface area is 114 Å². The van der Waals surface area contributed by atoms with Crippen LogP contribution in [0.1, 0.15) is 46.0 Å². The van der Waals surface area contributed by atoms with E-state index in [1.165, 1.54) is 25.7 Å². The molecule has 2 unspecified atom stereocenters. The third kappa shape index (κ3) is 3.85. The molecule has 0 radical (unpaired) electrons. The first-order valence-electron chi connectivity index (χ1n) is 7.32. The molecule has 0 aromatic carbocycles. The topological polar surface area (TPSA) is 78.4 Å². The Hall–Kier alpha value is -1.26. The number of carbonyl (C=O) groups is 2. The van der Waals surface area contributed by atoms with E-state index in [1.807, 2.05) is 13.8 Å². The maximum atomic E-state index is 12.0. The van der Waals surface area contributed by atoms with Crippen LogP contribution in [0.3, 0.4) is 0 Å². The average Bonchev–Trinajstić information content (AvgIpc) is 3.24. The van der Waals surface area contributed by atoms with Crippen LogP contribution in [0, 0.1) is 17.8 Å². The maximum Gasteiger partial charge on any atom is 0.326 e. The zero-order valence-electron chi connectivity index (χ0n) is 11.7. The molecule has 0 bridgehead atoms. The molecule has 5 nitrogen and oxygen atoms in total. The first-order valence-corrected chi connectivity index (χ1v) is 7.32. The van der Waals surface area contributed by atoms with Crippen molar-refractivity contribution < 1.29 is 14.7 Å². The fourth-order valence-electron chi connectivity index (χ4n) is 2.55. The quantitative estimate of drug-likeness (QED) is 0.660. The second-order valence-electron chi connectivity index (χ2n) is 6.02. The fraction of sp³-hybridized carbons (Fsp3) is 0.857. The van der Waals surface area contributed by atoms with Gasteiger partial charge >= 0.3 is 12.0 Å². The number of hydrogen-bond acceptors (Lipinski definition) is 2. The predicted octanol–water partition coefficient (Wildman–Crippen LogP) is 1.97. The molecule has 0 aromatic heterocycles. The van der Waals surface area contributed by atoms with Gasteiger partial charge in [-0.05, 0) is 43.4 Å². The van der Waals surface area contributed by atoms with Gasteiger partial charge in [-0.3, -0.25) is 0 Å². The Morgan fingerprint density at radius 2 is 1.68 bits per heavy atom. The van der Waals surface area contributed by atoms with Crippen molar-refractivity contribution >= 4 is 12.0 Å². The molecule has 2 amide bonds. The van der Waals surface area contributed by atoms with Gasteiger partial charge in [0.15, 0.2) is 0 Å². The van der Waals surface area contributed by atoms with E-state index in [9.17, 15) is 9.59 Å². The third-order valence-electron chi connectivity index (χ3n) is 4.32. The van der Waals surface area contributed by atoms with Crippen molar-refractivity contribution in [3.8, 4) is 0 Å². The molecule has 2 rings (SSSR count). The lowest BCUT2D eigenvalue weighted by Gasteiger charge is -2.23. The average molecular weight is 268 g/mol. The molecule has 19 heavy (non-hydrogen) atoms. The van der Waals surface area contributed by atoms with Crippen LogP contribution in [0.25, 0.3) is 0 Å². The van der Waals surface area contributed by atoms with Crippen LogP contribution in [-0.2, 0) is 4.79 Å².